The van der Waals surface area contributed by atoms with Crippen LogP contribution in [0.15, 0.2) is 80.8 Å². The molecule has 2 heterocycles. The summed E-state index contributed by atoms with van der Waals surface area (Å²) in [6.07, 6.45) is -0.461. The van der Waals surface area contributed by atoms with Crippen molar-refractivity contribution < 1.29 is 27.1 Å². The molecule has 1 saturated heterocycles. The first-order chi connectivity index (χ1) is 17.2. The SMILES string of the molecule is C[C@@H]1CN(S(=O)(=O)c2cccc(C(=O)OCc3cc(=O)oc4ccc5ccccc5c34)c2)C[C@@H](C)O1. The number of carbonyl (C=O) groups is 1. The van der Waals surface area contributed by atoms with Gasteiger partial charge in [-0.05, 0) is 48.9 Å². The van der Waals surface area contributed by atoms with Gasteiger partial charge in [0.15, 0.2) is 0 Å². The molecule has 0 saturated carbocycles. The van der Waals surface area contributed by atoms with E-state index in [1.54, 1.807) is 6.07 Å². The van der Waals surface area contributed by atoms with Crippen LogP contribution in [0.5, 0.6) is 0 Å². The molecule has 3 aromatic carbocycles. The van der Waals surface area contributed by atoms with Crippen molar-refractivity contribution in [1.29, 1.82) is 0 Å². The lowest BCUT2D eigenvalue weighted by Gasteiger charge is -2.34. The van der Waals surface area contributed by atoms with Crippen molar-refractivity contribution in [1.82, 2.24) is 4.31 Å². The molecule has 186 valence electrons. The largest absolute Gasteiger partial charge is 0.457 e. The van der Waals surface area contributed by atoms with Gasteiger partial charge in [0.2, 0.25) is 10.0 Å². The molecule has 2 atom stereocenters. The maximum atomic E-state index is 13.2. The fourth-order valence-electron chi connectivity index (χ4n) is 4.62. The Kier molecular flexibility index (Phi) is 6.38. The summed E-state index contributed by atoms with van der Waals surface area (Å²) in [5.74, 6) is -0.697. The number of benzene rings is 3. The lowest BCUT2D eigenvalue weighted by atomic mass is 10.0. The zero-order valence-electron chi connectivity index (χ0n) is 19.8. The zero-order chi connectivity index (χ0) is 25.4. The number of esters is 1. The van der Waals surface area contributed by atoms with Crippen LogP contribution in [-0.4, -0.2) is 44.0 Å². The molecule has 0 unspecified atom stereocenters. The Morgan fingerprint density at radius 1 is 1.00 bits per heavy atom. The molecule has 8 nitrogen and oxygen atoms in total. The van der Waals surface area contributed by atoms with Crippen LogP contribution in [0, 0.1) is 0 Å². The van der Waals surface area contributed by atoms with Crippen molar-refractivity contribution in [2.75, 3.05) is 13.1 Å². The summed E-state index contributed by atoms with van der Waals surface area (Å²) in [7, 11) is -3.82. The smallest absolute Gasteiger partial charge is 0.338 e. The first kappa shape index (κ1) is 24.2. The van der Waals surface area contributed by atoms with Gasteiger partial charge in [-0.15, -0.1) is 0 Å². The van der Waals surface area contributed by atoms with E-state index in [2.05, 4.69) is 0 Å². The van der Waals surface area contributed by atoms with Crippen LogP contribution in [0.3, 0.4) is 0 Å². The van der Waals surface area contributed by atoms with Gasteiger partial charge in [0.25, 0.3) is 0 Å². The van der Waals surface area contributed by atoms with Gasteiger partial charge in [-0.2, -0.15) is 4.31 Å². The minimum absolute atomic E-state index is 0.00930. The Morgan fingerprint density at radius 3 is 2.53 bits per heavy atom. The molecule has 4 aromatic rings. The maximum Gasteiger partial charge on any atom is 0.338 e. The van der Waals surface area contributed by atoms with Crippen LogP contribution in [-0.2, 0) is 26.1 Å². The summed E-state index contributed by atoms with van der Waals surface area (Å²) in [6.45, 7) is 3.94. The molecule has 0 bridgehead atoms. The Bertz CT molecular complexity index is 1620. The van der Waals surface area contributed by atoms with E-state index in [0.29, 0.717) is 16.5 Å². The zero-order valence-corrected chi connectivity index (χ0v) is 20.7. The number of ether oxygens (including phenoxy) is 2. The third kappa shape index (κ3) is 4.65. The molecule has 1 fully saturated rings. The fourth-order valence-corrected chi connectivity index (χ4v) is 6.26. The fraction of sp³-hybridized carbons (Fsp3) is 0.259. The molecule has 36 heavy (non-hydrogen) atoms. The van der Waals surface area contributed by atoms with Crippen LogP contribution in [0.2, 0.25) is 0 Å². The average molecular weight is 508 g/mol. The molecule has 5 rings (SSSR count). The molecule has 0 N–H and O–H groups in total. The molecule has 0 radical (unpaired) electrons. The van der Waals surface area contributed by atoms with E-state index in [0.717, 1.165) is 10.8 Å². The number of rotatable bonds is 5. The van der Waals surface area contributed by atoms with Crippen molar-refractivity contribution in [2.24, 2.45) is 0 Å². The monoisotopic (exact) mass is 507 g/mol. The van der Waals surface area contributed by atoms with E-state index in [-0.39, 0.29) is 42.4 Å². The van der Waals surface area contributed by atoms with Gasteiger partial charge < -0.3 is 13.9 Å². The molecular formula is C27H25NO7S. The molecule has 1 aliphatic heterocycles. The normalized spacial score (nSPS) is 18.9. The highest BCUT2D eigenvalue weighted by Crippen LogP contribution is 2.28. The van der Waals surface area contributed by atoms with Crippen LogP contribution in [0.4, 0.5) is 0 Å². The summed E-state index contributed by atoms with van der Waals surface area (Å²) >= 11 is 0. The second kappa shape index (κ2) is 9.50. The molecule has 0 amide bonds. The summed E-state index contributed by atoms with van der Waals surface area (Å²) in [4.78, 5) is 25.0. The number of morpholine rings is 1. The second-order valence-corrected chi connectivity index (χ2v) is 10.9. The van der Waals surface area contributed by atoms with Gasteiger partial charge >= 0.3 is 11.6 Å². The summed E-state index contributed by atoms with van der Waals surface area (Å²) in [5, 5.41) is 2.51. The van der Waals surface area contributed by atoms with Gasteiger partial charge in [-0.1, -0.05) is 36.4 Å². The Morgan fingerprint density at radius 2 is 1.75 bits per heavy atom. The summed E-state index contributed by atoms with van der Waals surface area (Å²) < 4.78 is 44.3. The lowest BCUT2D eigenvalue weighted by molar-refractivity contribution is -0.0440. The van der Waals surface area contributed by atoms with Gasteiger partial charge in [-0.3, -0.25) is 0 Å². The first-order valence-corrected chi connectivity index (χ1v) is 13.0. The Balaban J connectivity index is 1.41. The predicted molar refractivity (Wildman–Crippen MR) is 134 cm³/mol. The summed E-state index contributed by atoms with van der Waals surface area (Å²) in [6, 6.07) is 18.3. The standard InChI is InChI=1S/C27H25NO7S/c1-17-14-28(15-18(2)34-17)36(31,32)22-8-5-7-20(12-22)27(30)33-16-21-13-25(29)35-24-11-10-19-6-3-4-9-23(19)26(21)24/h3-13,17-18H,14-16H2,1-2H3/t17-,18-/m1/s1. The average Bonchev–Trinajstić information content (AvgIpc) is 2.86. The van der Waals surface area contributed by atoms with Crippen molar-refractivity contribution >= 4 is 37.7 Å². The minimum Gasteiger partial charge on any atom is -0.457 e. The highest BCUT2D eigenvalue weighted by Gasteiger charge is 2.32. The highest BCUT2D eigenvalue weighted by atomic mass is 32.2. The maximum absolute atomic E-state index is 13.2. The van der Waals surface area contributed by atoms with Gasteiger partial charge in [0.05, 0.1) is 22.7 Å². The Labute approximate surface area is 208 Å². The van der Waals surface area contributed by atoms with Crippen LogP contribution >= 0.6 is 0 Å². The molecule has 1 aromatic heterocycles. The number of hydrogen-bond donors (Lipinski definition) is 0. The van der Waals surface area contributed by atoms with Crippen LogP contribution in [0.1, 0.15) is 29.8 Å². The van der Waals surface area contributed by atoms with Gasteiger partial charge in [0, 0.05) is 30.1 Å². The van der Waals surface area contributed by atoms with Crippen molar-refractivity contribution in [3.63, 3.8) is 0 Å². The van der Waals surface area contributed by atoms with Crippen molar-refractivity contribution in [3.8, 4) is 0 Å². The van der Waals surface area contributed by atoms with E-state index < -0.39 is 21.6 Å². The molecule has 9 heteroatoms. The van der Waals surface area contributed by atoms with E-state index >= 15 is 0 Å². The molecular weight excluding hydrogens is 482 g/mol. The van der Waals surface area contributed by atoms with E-state index in [1.807, 2.05) is 44.2 Å². The topological polar surface area (TPSA) is 103 Å². The van der Waals surface area contributed by atoms with Crippen molar-refractivity contribution in [3.05, 3.63) is 88.3 Å². The number of fused-ring (bicyclic) bond motifs is 3. The molecule has 0 aliphatic carbocycles. The second-order valence-electron chi connectivity index (χ2n) is 8.93. The number of nitrogens with zero attached hydrogens (tertiary/aromatic N) is 1. The van der Waals surface area contributed by atoms with E-state index in [9.17, 15) is 18.0 Å². The minimum atomic E-state index is -3.82. The molecule has 1 aliphatic rings. The third-order valence-corrected chi connectivity index (χ3v) is 7.99. The number of hydrogen-bond acceptors (Lipinski definition) is 7. The van der Waals surface area contributed by atoms with Crippen molar-refractivity contribution in [2.45, 2.75) is 37.6 Å². The van der Waals surface area contributed by atoms with E-state index in [1.165, 1.54) is 34.6 Å². The lowest BCUT2D eigenvalue weighted by Crippen LogP contribution is -2.48. The molecule has 0 spiro atoms. The van der Waals surface area contributed by atoms with Crippen LogP contribution in [0.25, 0.3) is 21.7 Å². The Hall–Kier alpha value is -3.53. The predicted octanol–water partition coefficient (Wildman–Crippen LogP) is 4.10. The van der Waals surface area contributed by atoms with Gasteiger partial charge in [0.1, 0.15) is 12.2 Å². The highest BCUT2D eigenvalue weighted by molar-refractivity contribution is 7.89. The van der Waals surface area contributed by atoms with E-state index in [4.69, 9.17) is 13.9 Å². The summed E-state index contributed by atoms with van der Waals surface area (Å²) in [5.41, 5.74) is 0.453. The number of sulfonamides is 1. The van der Waals surface area contributed by atoms with Crippen LogP contribution < -0.4 is 5.63 Å². The quantitative estimate of drug-likeness (QED) is 0.228. The number of carbonyl (C=O) groups excluding carboxylic acids is 1. The third-order valence-electron chi connectivity index (χ3n) is 6.17. The van der Waals surface area contributed by atoms with Gasteiger partial charge in [-0.25, -0.2) is 18.0 Å². The first-order valence-electron chi connectivity index (χ1n) is 11.6.